The van der Waals surface area contributed by atoms with E-state index in [-0.39, 0.29) is 11.2 Å². The molecule has 0 aliphatic carbocycles. The Hall–Kier alpha value is -2.84. The lowest BCUT2D eigenvalue weighted by Gasteiger charge is -2.25. The number of hydrazone groups is 1. The number of nitrogens with zero attached hydrogens (tertiary/aromatic N) is 3. The predicted octanol–water partition coefficient (Wildman–Crippen LogP) is 5.23. The van der Waals surface area contributed by atoms with Crippen LogP contribution < -0.4 is 5.43 Å². The van der Waals surface area contributed by atoms with E-state index in [9.17, 15) is 23.3 Å². The topological polar surface area (TPSA) is 72.5 Å². The van der Waals surface area contributed by atoms with Gasteiger partial charge in [-0.2, -0.15) is 18.3 Å². The number of nitrogens with one attached hydrogen (secondary N) is 1. The number of benzene rings is 1. The standard InChI is InChI=1S/C18H21F3N4O2/c1-11-8-13(12(2)24(11)17(3,4)5)10-22-23-15-7-6-14(18(19,20)21)9-16(15)25(26)27/h6-10,23H,1-5H3/b22-10-. The van der Waals surface area contributed by atoms with Crippen LogP contribution in [0.5, 0.6) is 0 Å². The molecule has 0 fully saturated rings. The van der Waals surface area contributed by atoms with Crippen molar-refractivity contribution in [3.63, 3.8) is 0 Å². The van der Waals surface area contributed by atoms with Crippen molar-refractivity contribution in [1.82, 2.24) is 4.57 Å². The molecule has 0 bridgehead atoms. The van der Waals surface area contributed by atoms with Gasteiger partial charge in [-0.05, 0) is 52.8 Å². The zero-order valence-electron chi connectivity index (χ0n) is 15.7. The molecule has 1 heterocycles. The van der Waals surface area contributed by atoms with Crippen LogP contribution >= 0.6 is 0 Å². The average Bonchev–Trinajstić information content (AvgIpc) is 2.80. The number of anilines is 1. The molecule has 0 atom stereocenters. The van der Waals surface area contributed by atoms with E-state index < -0.39 is 22.4 Å². The molecule has 2 rings (SSSR count). The van der Waals surface area contributed by atoms with Crippen molar-refractivity contribution in [3.05, 3.63) is 56.9 Å². The molecule has 1 aromatic heterocycles. The number of rotatable bonds is 4. The van der Waals surface area contributed by atoms with Crippen LogP contribution in [0.3, 0.4) is 0 Å². The first-order valence-electron chi connectivity index (χ1n) is 8.16. The van der Waals surface area contributed by atoms with Crippen LogP contribution in [0.4, 0.5) is 24.5 Å². The van der Waals surface area contributed by atoms with Gasteiger partial charge in [0.15, 0.2) is 0 Å². The van der Waals surface area contributed by atoms with Crippen LogP contribution in [0.25, 0.3) is 0 Å². The minimum Gasteiger partial charge on any atom is -0.343 e. The molecular weight excluding hydrogens is 361 g/mol. The maximum atomic E-state index is 12.7. The van der Waals surface area contributed by atoms with Crippen molar-refractivity contribution in [2.24, 2.45) is 5.10 Å². The summed E-state index contributed by atoms with van der Waals surface area (Å²) < 4.78 is 40.4. The molecule has 9 heteroatoms. The highest BCUT2D eigenvalue weighted by Gasteiger charge is 2.33. The monoisotopic (exact) mass is 382 g/mol. The quantitative estimate of drug-likeness (QED) is 0.447. The molecule has 1 N–H and O–H groups in total. The molecule has 0 spiro atoms. The van der Waals surface area contributed by atoms with Crippen LogP contribution in [0, 0.1) is 24.0 Å². The lowest BCUT2D eigenvalue weighted by molar-refractivity contribution is -0.384. The van der Waals surface area contributed by atoms with E-state index in [2.05, 4.69) is 35.9 Å². The fourth-order valence-corrected chi connectivity index (χ4v) is 3.08. The molecule has 0 saturated carbocycles. The molecular formula is C18H21F3N4O2. The van der Waals surface area contributed by atoms with Crippen molar-refractivity contribution in [3.8, 4) is 0 Å². The first-order chi connectivity index (χ1) is 12.3. The Morgan fingerprint density at radius 3 is 2.30 bits per heavy atom. The Morgan fingerprint density at radius 1 is 1.19 bits per heavy atom. The Morgan fingerprint density at radius 2 is 1.81 bits per heavy atom. The van der Waals surface area contributed by atoms with Crippen molar-refractivity contribution in [1.29, 1.82) is 0 Å². The molecule has 0 aliphatic heterocycles. The van der Waals surface area contributed by atoms with Crippen molar-refractivity contribution >= 4 is 17.6 Å². The third kappa shape index (κ3) is 4.47. The summed E-state index contributed by atoms with van der Waals surface area (Å²) in [5.41, 5.74) is 3.25. The highest BCUT2D eigenvalue weighted by Crippen LogP contribution is 2.35. The molecule has 0 amide bonds. The fraction of sp³-hybridized carbons (Fsp3) is 0.389. The second kappa shape index (κ2) is 7.05. The summed E-state index contributed by atoms with van der Waals surface area (Å²) in [7, 11) is 0. The summed E-state index contributed by atoms with van der Waals surface area (Å²) in [5.74, 6) is 0. The summed E-state index contributed by atoms with van der Waals surface area (Å²) in [4.78, 5) is 10.2. The van der Waals surface area contributed by atoms with Gasteiger partial charge in [0.05, 0.1) is 16.7 Å². The average molecular weight is 382 g/mol. The van der Waals surface area contributed by atoms with Crippen LogP contribution in [0.1, 0.15) is 43.3 Å². The van der Waals surface area contributed by atoms with Crippen LogP contribution in [0.2, 0.25) is 0 Å². The Labute approximate surface area is 154 Å². The number of nitro benzene ring substituents is 1. The van der Waals surface area contributed by atoms with Crippen LogP contribution in [0.15, 0.2) is 29.4 Å². The number of hydrogen-bond donors (Lipinski definition) is 1. The molecule has 0 unspecified atom stereocenters. The summed E-state index contributed by atoms with van der Waals surface area (Å²) in [6, 6.07) is 4.18. The van der Waals surface area contributed by atoms with Gasteiger partial charge >= 0.3 is 6.18 Å². The minimum absolute atomic E-state index is 0.117. The van der Waals surface area contributed by atoms with Crippen LogP contribution in [-0.4, -0.2) is 15.7 Å². The minimum atomic E-state index is -4.66. The zero-order valence-corrected chi connectivity index (χ0v) is 15.7. The van der Waals surface area contributed by atoms with Gasteiger partial charge in [-0.15, -0.1) is 0 Å². The Balaban J connectivity index is 2.31. The molecule has 2 aromatic rings. The van der Waals surface area contributed by atoms with Crippen molar-refractivity contribution < 1.29 is 18.1 Å². The first-order valence-corrected chi connectivity index (χ1v) is 8.16. The lowest BCUT2D eigenvalue weighted by Crippen LogP contribution is -2.24. The highest BCUT2D eigenvalue weighted by atomic mass is 19.4. The van der Waals surface area contributed by atoms with E-state index in [4.69, 9.17) is 0 Å². The molecule has 6 nitrogen and oxygen atoms in total. The number of aryl methyl sites for hydroxylation is 1. The maximum Gasteiger partial charge on any atom is 0.416 e. The van der Waals surface area contributed by atoms with Gasteiger partial charge in [-0.3, -0.25) is 15.5 Å². The lowest BCUT2D eigenvalue weighted by atomic mass is 10.1. The number of nitro groups is 1. The van der Waals surface area contributed by atoms with Gasteiger partial charge < -0.3 is 4.57 Å². The van der Waals surface area contributed by atoms with Gasteiger partial charge in [-0.1, -0.05) is 0 Å². The Bertz CT molecular complexity index is 893. The van der Waals surface area contributed by atoms with Gasteiger partial charge in [0, 0.05) is 28.6 Å². The van der Waals surface area contributed by atoms with Gasteiger partial charge in [0.25, 0.3) is 5.69 Å². The number of alkyl halides is 3. The number of halogens is 3. The second-order valence-corrected chi connectivity index (χ2v) is 7.19. The maximum absolute atomic E-state index is 12.7. The summed E-state index contributed by atoms with van der Waals surface area (Å²) >= 11 is 0. The van der Waals surface area contributed by atoms with Crippen molar-refractivity contribution in [2.45, 2.75) is 46.3 Å². The van der Waals surface area contributed by atoms with E-state index in [0.717, 1.165) is 29.1 Å². The molecule has 1 aromatic carbocycles. The van der Waals surface area contributed by atoms with E-state index in [1.807, 2.05) is 19.9 Å². The third-order valence-electron chi connectivity index (χ3n) is 4.05. The number of aromatic nitrogens is 1. The van der Waals surface area contributed by atoms with Gasteiger partial charge in [-0.25, -0.2) is 0 Å². The molecule has 27 heavy (non-hydrogen) atoms. The summed E-state index contributed by atoms with van der Waals surface area (Å²) in [5, 5.41) is 15.1. The van der Waals surface area contributed by atoms with Gasteiger partial charge in [0.2, 0.25) is 0 Å². The van der Waals surface area contributed by atoms with Crippen LogP contribution in [-0.2, 0) is 11.7 Å². The van der Waals surface area contributed by atoms with E-state index in [0.29, 0.717) is 6.07 Å². The first kappa shape index (κ1) is 20.5. The van der Waals surface area contributed by atoms with E-state index in [1.165, 1.54) is 6.21 Å². The molecule has 0 radical (unpaired) electrons. The third-order valence-corrected chi connectivity index (χ3v) is 4.05. The molecule has 146 valence electrons. The SMILES string of the molecule is Cc1cc(/C=N\Nc2ccc(C(F)(F)F)cc2[N+](=O)[O-])c(C)n1C(C)(C)C. The normalized spacial score (nSPS) is 12.6. The van der Waals surface area contributed by atoms with E-state index >= 15 is 0 Å². The molecule has 0 saturated heterocycles. The number of hydrogen-bond acceptors (Lipinski definition) is 4. The second-order valence-electron chi connectivity index (χ2n) is 7.19. The zero-order chi connectivity index (χ0) is 20.6. The summed E-state index contributed by atoms with van der Waals surface area (Å²) in [6.07, 6.45) is -3.16. The fourth-order valence-electron chi connectivity index (χ4n) is 3.08. The largest absolute Gasteiger partial charge is 0.416 e. The smallest absolute Gasteiger partial charge is 0.343 e. The van der Waals surface area contributed by atoms with Gasteiger partial charge in [0.1, 0.15) is 5.69 Å². The predicted molar refractivity (Wildman–Crippen MR) is 98.2 cm³/mol. The molecule has 0 aliphatic rings. The Kier molecular flexibility index (Phi) is 5.35. The van der Waals surface area contributed by atoms with E-state index in [1.54, 1.807) is 0 Å². The highest BCUT2D eigenvalue weighted by molar-refractivity contribution is 5.82. The summed E-state index contributed by atoms with van der Waals surface area (Å²) in [6.45, 7) is 10.1. The van der Waals surface area contributed by atoms with Crippen molar-refractivity contribution in [2.75, 3.05) is 5.43 Å².